The van der Waals surface area contributed by atoms with Crippen molar-refractivity contribution in [3.63, 3.8) is 0 Å². The monoisotopic (exact) mass is 431 g/mol. The number of aromatic nitrogens is 1. The normalized spacial score (nSPS) is 14.5. The molecule has 0 atom stereocenters. The van der Waals surface area contributed by atoms with E-state index in [9.17, 15) is 9.59 Å². The number of thiazole rings is 1. The number of anilines is 2. The Kier molecular flexibility index (Phi) is 5.52. The standard InChI is InChI=1S/C24H21N3O3S/c1-14-9-7-11-21(16(14)3)27(17(4)28)24-25-18(13-31-24)12-20-23(29)30-22(26-20)19-10-6-5-8-15(19)2/h5-13H,1-4H3/b20-12+. The van der Waals surface area contributed by atoms with Crippen LogP contribution in [0.5, 0.6) is 0 Å². The largest absolute Gasteiger partial charge is 0.402 e. The highest BCUT2D eigenvalue weighted by molar-refractivity contribution is 7.14. The number of carbonyl (C=O) groups is 2. The molecule has 0 bridgehead atoms. The first-order valence-corrected chi connectivity index (χ1v) is 10.6. The zero-order valence-electron chi connectivity index (χ0n) is 17.7. The zero-order chi connectivity index (χ0) is 22.1. The Hall–Kier alpha value is -3.58. The predicted molar refractivity (Wildman–Crippen MR) is 123 cm³/mol. The van der Waals surface area contributed by atoms with Crippen LogP contribution in [0.4, 0.5) is 10.8 Å². The minimum Gasteiger partial charge on any atom is -0.402 e. The first kappa shape index (κ1) is 20.7. The van der Waals surface area contributed by atoms with Crippen LogP contribution >= 0.6 is 11.3 Å². The maximum absolute atomic E-state index is 12.4. The summed E-state index contributed by atoms with van der Waals surface area (Å²) in [6.07, 6.45) is 1.58. The number of cyclic esters (lactones) is 1. The second kappa shape index (κ2) is 8.28. The summed E-state index contributed by atoms with van der Waals surface area (Å²) in [5.74, 6) is -0.376. The van der Waals surface area contributed by atoms with Gasteiger partial charge in [0.05, 0.1) is 11.4 Å². The molecule has 0 spiro atoms. The number of esters is 1. The van der Waals surface area contributed by atoms with E-state index in [0.29, 0.717) is 10.8 Å². The first-order chi connectivity index (χ1) is 14.8. The van der Waals surface area contributed by atoms with E-state index < -0.39 is 5.97 Å². The van der Waals surface area contributed by atoms with Gasteiger partial charge in [-0.15, -0.1) is 11.3 Å². The van der Waals surface area contributed by atoms with Gasteiger partial charge in [-0.3, -0.25) is 9.69 Å². The molecule has 0 saturated carbocycles. The Morgan fingerprint density at radius 3 is 2.55 bits per heavy atom. The SMILES string of the molecule is CC(=O)N(c1nc(/C=C2/N=C(c3ccccc3C)OC2=O)cs1)c1cccc(C)c1C. The van der Waals surface area contributed by atoms with Crippen molar-refractivity contribution in [3.05, 3.63) is 81.5 Å². The molecule has 1 aromatic heterocycles. The molecule has 156 valence electrons. The van der Waals surface area contributed by atoms with Crippen LogP contribution in [0.1, 0.15) is 34.9 Å². The second-order valence-corrected chi connectivity index (χ2v) is 8.12. The number of amides is 1. The molecule has 0 saturated heterocycles. The van der Waals surface area contributed by atoms with E-state index in [0.717, 1.165) is 27.9 Å². The lowest BCUT2D eigenvalue weighted by Crippen LogP contribution is -2.23. The van der Waals surface area contributed by atoms with Crippen molar-refractivity contribution in [3.8, 4) is 0 Å². The fourth-order valence-electron chi connectivity index (χ4n) is 3.31. The van der Waals surface area contributed by atoms with Crippen molar-refractivity contribution in [2.24, 2.45) is 4.99 Å². The lowest BCUT2D eigenvalue weighted by atomic mass is 10.1. The lowest BCUT2D eigenvalue weighted by Gasteiger charge is -2.21. The third kappa shape index (κ3) is 4.04. The number of hydrogen-bond donors (Lipinski definition) is 0. The maximum Gasteiger partial charge on any atom is 0.363 e. The smallest absolute Gasteiger partial charge is 0.363 e. The van der Waals surface area contributed by atoms with Crippen molar-refractivity contribution in [2.75, 3.05) is 4.90 Å². The molecule has 0 fully saturated rings. The number of aryl methyl sites for hydroxylation is 2. The molecular formula is C24H21N3O3S. The summed E-state index contributed by atoms with van der Waals surface area (Å²) in [6.45, 7) is 7.43. The molecule has 0 unspecified atom stereocenters. The zero-order valence-corrected chi connectivity index (χ0v) is 18.5. The molecule has 6 nitrogen and oxygen atoms in total. The molecule has 1 aliphatic rings. The minimum atomic E-state index is -0.522. The molecule has 4 rings (SSSR count). The fourth-order valence-corrected chi connectivity index (χ4v) is 4.15. The van der Waals surface area contributed by atoms with E-state index in [1.807, 2.05) is 63.2 Å². The van der Waals surface area contributed by atoms with Crippen LogP contribution in [-0.2, 0) is 14.3 Å². The molecule has 7 heteroatoms. The lowest BCUT2D eigenvalue weighted by molar-refractivity contribution is -0.130. The van der Waals surface area contributed by atoms with Crippen molar-refractivity contribution in [1.82, 2.24) is 4.98 Å². The number of aliphatic imine (C=N–C) groups is 1. The van der Waals surface area contributed by atoms with Gasteiger partial charge in [0.1, 0.15) is 0 Å². The van der Waals surface area contributed by atoms with Crippen molar-refractivity contribution < 1.29 is 14.3 Å². The number of rotatable bonds is 4. The highest BCUT2D eigenvalue weighted by Gasteiger charge is 2.26. The van der Waals surface area contributed by atoms with Crippen LogP contribution < -0.4 is 4.90 Å². The average Bonchev–Trinajstić information content (AvgIpc) is 3.33. The Bertz CT molecular complexity index is 1260. The summed E-state index contributed by atoms with van der Waals surface area (Å²) >= 11 is 1.33. The molecule has 2 aromatic carbocycles. The van der Waals surface area contributed by atoms with Crippen LogP contribution in [-0.4, -0.2) is 22.8 Å². The Morgan fingerprint density at radius 1 is 1.06 bits per heavy atom. The molecule has 3 aromatic rings. The summed E-state index contributed by atoms with van der Waals surface area (Å²) in [7, 11) is 0. The van der Waals surface area contributed by atoms with E-state index in [1.54, 1.807) is 16.4 Å². The van der Waals surface area contributed by atoms with E-state index in [1.165, 1.54) is 18.3 Å². The minimum absolute atomic E-state index is 0.137. The van der Waals surface area contributed by atoms with E-state index >= 15 is 0 Å². The van der Waals surface area contributed by atoms with Crippen LogP contribution in [0.2, 0.25) is 0 Å². The van der Waals surface area contributed by atoms with Gasteiger partial charge in [0, 0.05) is 17.9 Å². The fraction of sp³-hybridized carbons (Fsp3) is 0.167. The predicted octanol–water partition coefficient (Wildman–Crippen LogP) is 5.10. The molecule has 0 N–H and O–H groups in total. The number of nitrogens with zero attached hydrogens (tertiary/aromatic N) is 3. The van der Waals surface area contributed by atoms with Crippen molar-refractivity contribution in [1.29, 1.82) is 0 Å². The molecule has 0 aliphatic carbocycles. The van der Waals surface area contributed by atoms with E-state index in [-0.39, 0.29) is 17.5 Å². The Morgan fingerprint density at radius 2 is 1.81 bits per heavy atom. The van der Waals surface area contributed by atoms with Gasteiger partial charge in [-0.2, -0.15) is 0 Å². The van der Waals surface area contributed by atoms with Crippen molar-refractivity contribution in [2.45, 2.75) is 27.7 Å². The second-order valence-electron chi connectivity index (χ2n) is 7.28. The van der Waals surface area contributed by atoms with Crippen LogP contribution in [0, 0.1) is 20.8 Å². The molecule has 31 heavy (non-hydrogen) atoms. The van der Waals surface area contributed by atoms with Gasteiger partial charge in [0.25, 0.3) is 0 Å². The summed E-state index contributed by atoms with van der Waals surface area (Å²) in [5.41, 5.74) is 5.36. The average molecular weight is 432 g/mol. The quantitative estimate of drug-likeness (QED) is 0.426. The molecule has 2 heterocycles. The van der Waals surface area contributed by atoms with Gasteiger partial charge in [-0.25, -0.2) is 14.8 Å². The van der Waals surface area contributed by atoms with Crippen LogP contribution in [0.3, 0.4) is 0 Å². The molecule has 0 radical (unpaired) electrons. The van der Waals surface area contributed by atoms with Crippen LogP contribution in [0.25, 0.3) is 6.08 Å². The molecule has 1 aliphatic heterocycles. The first-order valence-electron chi connectivity index (χ1n) is 9.76. The summed E-state index contributed by atoms with van der Waals surface area (Å²) < 4.78 is 5.36. The number of ether oxygens (including phenoxy) is 1. The topological polar surface area (TPSA) is 71.9 Å². The Labute approximate surface area is 184 Å². The van der Waals surface area contributed by atoms with Crippen molar-refractivity contribution >= 4 is 46.0 Å². The highest BCUT2D eigenvalue weighted by Crippen LogP contribution is 2.33. The van der Waals surface area contributed by atoms with Gasteiger partial charge >= 0.3 is 5.97 Å². The molecular weight excluding hydrogens is 410 g/mol. The van der Waals surface area contributed by atoms with Gasteiger partial charge in [0.15, 0.2) is 10.8 Å². The van der Waals surface area contributed by atoms with E-state index in [2.05, 4.69) is 9.98 Å². The number of hydrogen-bond acceptors (Lipinski definition) is 6. The molecule has 1 amide bonds. The number of carbonyl (C=O) groups excluding carboxylic acids is 2. The van der Waals surface area contributed by atoms with Gasteiger partial charge < -0.3 is 4.74 Å². The van der Waals surface area contributed by atoms with Gasteiger partial charge in [0.2, 0.25) is 11.8 Å². The summed E-state index contributed by atoms with van der Waals surface area (Å²) in [4.78, 5) is 35.3. The number of benzene rings is 2. The summed E-state index contributed by atoms with van der Waals surface area (Å²) in [6, 6.07) is 13.4. The maximum atomic E-state index is 12.4. The third-order valence-electron chi connectivity index (χ3n) is 5.11. The van der Waals surface area contributed by atoms with Gasteiger partial charge in [-0.05, 0) is 55.7 Å². The summed E-state index contributed by atoms with van der Waals surface area (Å²) in [5, 5.41) is 2.32. The highest BCUT2D eigenvalue weighted by atomic mass is 32.1. The Balaban J connectivity index is 1.67. The van der Waals surface area contributed by atoms with Gasteiger partial charge in [-0.1, -0.05) is 30.3 Å². The third-order valence-corrected chi connectivity index (χ3v) is 5.96. The van der Waals surface area contributed by atoms with Crippen LogP contribution in [0.15, 0.2) is 58.5 Å². The van der Waals surface area contributed by atoms with E-state index in [4.69, 9.17) is 4.74 Å².